The van der Waals surface area contributed by atoms with Gasteiger partial charge in [0.2, 0.25) is 5.91 Å². The Labute approximate surface area is 251 Å². The standard InChI is InChI=1S/C33H36FN5O4/c1-4-5-13-38(31(30-19-36-22-37-30)15-23-9-10-24(18-35)29(34)14-23)21-33(41)39(26-7-6-8-27(40)16-26)20-25-11-12-28(42-2)17-32(25)43-3/h6-12,14,16-17,19,22,31,40H,4-5,13,15,20-21H2,1-3H3,(H,36,37). The number of carbonyl (C=O) groups excluding carboxylic acids is 1. The second-order valence-corrected chi connectivity index (χ2v) is 10.2. The Bertz CT molecular complexity index is 1550. The first kappa shape index (κ1) is 31.1. The van der Waals surface area contributed by atoms with E-state index in [1.54, 1.807) is 68.0 Å². The Morgan fingerprint density at radius 2 is 1.98 bits per heavy atom. The number of aromatic amines is 1. The number of anilines is 1. The number of nitrogens with one attached hydrogen (secondary N) is 1. The number of nitrogens with zero attached hydrogens (tertiary/aromatic N) is 4. The SMILES string of the molecule is CCCCN(CC(=O)N(Cc1ccc(OC)cc1OC)c1cccc(O)c1)C(Cc1ccc(C#N)c(F)c1)c1cnc[nH]1. The molecule has 0 spiro atoms. The molecule has 0 aliphatic heterocycles. The van der Waals surface area contributed by atoms with E-state index in [0.717, 1.165) is 24.1 Å². The minimum atomic E-state index is -0.581. The maximum absolute atomic E-state index is 14.5. The average Bonchev–Trinajstić information content (AvgIpc) is 3.55. The summed E-state index contributed by atoms with van der Waals surface area (Å²) in [5.41, 5.74) is 2.76. The number of aromatic nitrogens is 2. The molecule has 1 heterocycles. The fourth-order valence-corrected chi connectivity index (χ4v) is 4.99. The minimum Gasteiger partial charge on any atom is -0.508 e. The van der Waals surface area contributed by atoms with Crippen LogP contribution in [0.15, 0.2) is 73.2 Å². The second-order valence-electron chi connectivity index (χ2n) is 10.2. The predicted molar refractivity (Wildman–Crippen MR) is 161 cm³/mol. The Hall–Kier alpha value is -4.88. The van der Waals surface area contributed by atoms with E-state index >= 15 is 0 Å². The number of ether oxygens (including phenoxy) is 2. The number of benzene rings is 3. The van der Waals surface area contributed by atoms with Crippen LogP contribution in [0.5, 0.6) is 17.2 Å². The zero-order valence-corrected chi connectivity index (χ0v) is 24.6. The van der Waals surface area contributed by atoms with Gasteiger partial charge < -0.3 is 24.5 Å². The zero-order chi connectivity index (χ0) is 30.8. The van der Waals surface area contributed by atoms with Crippen LogP contribution in [0.1, 0.15) is 48.2 Å². The topological polar surface area (TPSA) is 115 Å². The summed E-state index contributed by atoms with van der Waals surface area (Å²) in [5, 5.41) is 19.4. The van der Waals surface area contributed by atoms with Crippen LogP contribution in [-0.4, -0.2) is 53.2 Å². The van der Waals surface area contributed by atoms with Crippen molar-refractivity contribution in [2.45, 2.75) is 38.8 Å². The van der Waals surface area contributed by atoms with E-state index in [2.05, 4.69) is 21.8 Å². The van der Waals surface area contributed by atoms with Crippen molar-refractivity contribution < 1.29 is 23.8 Å². The van der Waals surface area contributed by atoms with Crippen molar-refractivity contribution >= 4 is 11.6 Å². The molecular weight excluding hydrogens is 549 g/mol. The van der Waals surface area contributed by atoms with Gasteiger partial charge in [-0.25, -0.2) is 9.37 Å². The summed E-state index contributed by atoms with van der Waals surface area (Å²) in [5.74, 6) is 0.456. The van der Waals surface area contributed by atoms with E-state index < -0.39 is 5.82 Å². The van der Waals surface area contributed by atoms with E-state index in [-0.39, 0.29) is 36.4 Å². The third-order valence-corrected chi connectivity index (χ3v) is 7.30. The predicted octanol–water partition coefficient (Wildman–Crippen LogP) is 5.76. The smallest absolute Gasteiger partial charge is 0.241 e. The molecule has 0 saturated heterocycles. The number of carbonyl (C=O) groups is 1. The maximum Gasteiger partial charge on any atom is 0.241 e. The molecule has 9 nitrogen and oxygen atoms in total. The molecule has 4 rings (SSSR count). The quantitative estimate of drug-likeness (QED) is 0.193. The van der Waals surface area contributed by atoms with Gasteiger partial charge in [0.1, 0.15) is 29.1 Å². The summed E-state index contributed by atoms with van der Waals surface area (Å²) >= 11 is 0. The number of halogens is 1. The van der Waals surface area contributed by atoms with Crippen molar-refractivity contribution in [3.8, 4) is 23.3 Å². The Morgan fingerprint density at radius 3 is 2.63 bits per heavy atom. The maximum atomic E-state index is 14.5. The number of amides is 1. The number of hydrogen-bond acceptors (Lipinski definition) is 7. The zero-order valence-electron chi connectivity index (χ0n) is 24.6. The van der Waals surface area contributed by atoms with E-state index in [9.17, 15) is 19.6 Å². The summed E-state index contributed by atoms with van der Waals surface area (Å²) in [7, 11) is 3.14. The van der Waals surface area contributed by atoms with Crippen LogP contribution in [-0.2, 0) is 17.8 Å². The summed E-state index contributed by atoms with van der Waals surface area (Å²) in [6, 6.07) is 18.1. The van der Waals surface area contributed by atoms with Crippen LogP contribution in [0.2, 0.25) is 0 Å². The molecule has 0 radical (unpaired) electrons. The number of H-pyrrole nitrogens is 1. The first-order chi connectivity index (χ1) is 20.9. The van der Waals surface area contributed by atoms with Gasteiger partial charge in [-0.2, -0.15) is 5.26 Å². The number of phenolic OH excluding ortho intramolecular Hbond substituents is 1. The van der Waals surface area contributed by atoms with Gasteiger partial charge in [0.05, 0.1) is 50.9 Å². The highest BCUT2D eigenvalue weighted by Crippen LogP contribution is 2.30. The fourth-order valence-electron chi connectivity index (χ4n) is 4.99. The molecule has 43 heavy (non-hydrogen) atoms. The summed E-state index contributed by atoms with van der Waals surface area (Å²) in [6.07, 6.45) is 5.42. The molecule has 0 aliphatic carbocycles. The molecule has 0 bridgehead atoms. The van der Waals surface area contributed by atoms with Crippen LogP contribution in [0.4, 0.5) is 10.1 Å². The van der Waals surface area contributed by atoms with Gasteiger partial charge in [-0.1, -0.05) is 25.5 Å². The Morgan fingerprint density at radius 1 is 1.14 bits per heavy atom. The molecule has 1 amide bonds. The Kier molecular flexibility index (Phi) is 10.7. The number of unbranched alkanes of at least 4 members (excludes halogenated alkanes) is 1. The third-order valence-electron chi connectivity index (χ3n) is 7.30. The molecular formula is C33H36FN5O4. The van der Waals surface area contributed by atoms with Gasteiger partial charge >= 0.3 is 0 Å². The number of methoxy groups -OCH3 is 2. The average molecular weight is 586 g/mol. The molecule has 1 atom stereocenters. The minimum absolute atomic E-state index is 0.0180. The van der Waals surface area contributed by atoms with Gasteiger partial charge in [-0.3, -0.25) is 9.69 Å². The Balaban J connectivity index is 1.69. The molecule has 0 fully saturated rings. The molecule has 10 heteroatoms. The molecule has 1 unspecified atom stereocenters. The summed E-state index contributed by atoms with van der Waals surface area (Å²) in [4.78, 5) is 25.3. The molecule has 3 aromatic carbocycles. The normalized spacial score (nSPS) is 11.6. The second kappa shape index (κ2) is 14.8. The molecule has 4 aromatic rings. The number of aromatic hydroxyl groups is 1. The van der Waals surface area contributed by atoms with Crippen LogP contribution >= 0.6 is 0 Å². The van der Waals surface area contributed by atoms with Gasteiger partial charge in [0.15, 0.2) is 0 Å². The van der Waals surface area contributed by atoms with Crippen LogP contribution in [0.25, 0.3) is 0 Å². The fraction of sp³-hybridized carbons (Fsp3) is 0.303. The lowest BCUT2D eigenvalue weighted by Gasteiger charge is -2.33. The van der Waals surface area contributed by atoms with Crippen LogP contribution in [0, 0.1) is 17.1 Å². The van der Waals surface area contributed by atoms with E-state index in [4.69, 9.17) is 9.47 Å². The highest BCUT2D eigenvalue weighted by Gasteiger charge is 2.28. The lowest BCUT2D eigenvalue weighted by atomic mass is 10.00. The van der Waals surface area contributed by atoms with E-state index in [1.807, 2.05) is 18.2 Å². The number of hydrogen-bond donors (Lipinski definition) is 2. The van der Waals surface area contributed by atoms with Gasteiger partial charge in [-0.05, 0) is 61.3 Å². The van der Waals surface area contributed by atoms with Crippen molar-refractivity contribution in [2.75, 3.05) is 32.2 Å². The molecule has 1 aromatic heterocycles. The number of imidazole rings is 1. The molecule has 2 N–H and O–H groups in total. The van der Waals surface area contributed by atoms with Crippen LogP contribution in [0.3, 0.4) is 0 Å². The van der Waals surface area contributed by atoms with Crippen molar-refractivity contribution in [3.05, 3.63) is 101 Å². The largest absolute Gasteiger partial charge is 0.508 e. The molecule has 0 saturated carbocycles. The lowest BCUT2D eigenvalue weighted by Crippen LogP contribution is -2.43. The molecule has 224 valence electrons. The van der Waals surface area contributed by atoms with Crippen molar-refractivity contribution in [2.24, 2.45) is 0 Å². The third kappa shape index (κ3) is 7.90. The van der Waals surface area contributed by atoms with E-state index in [1.165, 1.54) is 12.1 Å². The van der Waals surface area contributed by atoms with Crippen LogP contribution < -0.4 is 14.4 Å². The summed E-state index contributed by atoms with van der Waals surface area (Å²) in [6.45, 7) is 2.91. The van der Waals surface area contributed by atoms with Crippen molar-refractivity contribution in [1.29, 1.82) is 5.26 Å². The molecule has 0 aliphatic rings. The van der Waals surface area contributed by atoms with Gasteiger partial charge in [0, 0.05) is 29.6 Å². The van der Waals surface area contributed by atoms with Gasteiger partial charge in [-0.15, -0.1) is 0 Å². The first-order valence-electron chi connectivity index (χ1n) is 14.1. The number of phenols is 1. The highest BCUT2D eigenvalue weighted by molar-refractivity contribution is 5.95. The summed E-state index contributed by atoms with van der Waals surface area (Å²) < 4.78 is 25.5. The van der Waals surface area contributed by atoms with Crippen molar-refractivity contribution in [3.63, 3.8) is 0 Å². The first-order valence-corrected chi connectivity index (χ1v) is 14.1. The highest BCUT2D eigenvalue weighted by atomic mass is 19.1. The van der Waals surface area contributed by atoms with Gasteiger partial charge in [0.25, 0.3) is 0 Å². The number of nitriles is 1. The lowest BCUT2D eigenvalue weighted by molar-refractivity contribution is -0.120. The monoisotopic (exact) mass is 585 g/mol. The number of rotatable bonds is 14. The van der Waals surface area contributed by atoms with E-state index in [0.29, 0.717) is 35.7 Å². The van der Waals surface area contributed by atoms with Crippen molar-refractivity contribution in [1.82, 2.24) is 14.9 Å².